The van der Waals surface area contributed by atoms with Crippen molar-refractivity contribution in [2.75, 3.05) is 0 Å². The predicted octanol–water partition coefficient (Wildman–Crippen LogP) is 1.78. The normalized spacial score (nSPS) is 9.65. The molecular weight excluding hydrogens is 222 g/mol. The molecule has 0 radical (unpaired) electrons. The summed E-state index contributed by atoms with van der Waals surface area (Å²) < 4.78 is 4.83. The minimum atomic E-state index is -0.634. The van der Waals surface area contributed by atoms with Crippen molar-refractivity contribution in [1.29, 1.82) is 0 Å². The van der Waals surface area contributed by atoms with Gasteiger partial charge >= 0.3 is 11.9 Å². The van der Waals surface area contributed by atoms with Crippen molar-refractivity contribution in [2.45, 2.75) is 0 Å². The Hall–Kier alpha value is -2.56. The Bertz CT molecular complexity index is 505. The van der Waals surface area contributed by atoms with Gasteiger partial charge in [-0.25, -0.2) is 4.79 Å². The van der Waals surface area contributed by atoms with Crippen LogP contribution in [0.2, 0.25) is 0 Å². The van der Waals surface area contributed by atoms with Crippen LogP contribution in [0.3, 0.4) is 0 Å². The Balaban J connectivity index is 1.91. The number of hydroxylamine groups is 1. The van der Waals surface area contributed by atoms with Gasteiger partial charge in [-0.1, -0.05) is 18.2 Å². The number of furan rings is 1. The van der Waals surface area contributed by atoms with E-state index in [-0.39, 0.29) is 5.76 Å². The van der Waals surface area contributed by atoms with Gasteiger partial charge in [-0.15, -0.1) is 0 Å². The Morgan fingerprint density at radius 2 is 1.82 bits per heavy atom. The summed E-state index contributed by atoms with van der Waals surface area (Å²) in [5, 5.41) is 0. The van der Waals surface area contributed by atoms with Gasteiger partial charge in [0.05, 0.1) is 11.8 Å². The van der Waals surface area contributed by atoms with E-state index in [4.69, 9.17) is 4.42 Å². The van der Waals surface area contributed by atoms with E-state index in [1.165, 1.54) is 12.3 Å². The van der Waals surface area contributed by atoms with Crippen molar-refractivity contribution >= 4 is 11.9 Å². The summed E-state index contributed by atoms with van der Waals surface area (Å²) in [5.41, 5.74) is 2.36. The lowest BCUT2D eigenvalue weighted by atomic mass is 10.2. The second-order valence-electron chi connectivity index (χ2n) is 3.16. The molecule has 1 amide bonds. The molecule has 86 valence electrons. The standard InChI is InChI=1S/C12H9NO4/c14-11(10-7-4-8-16-10)13-17-12(15)9-5-2-1-3-6-9/h1-8H,(H,13,14). The average molecular weight is 231 g/mol. The lowest BCUT2D eigenvalue weighted by molar-refractivity contribution is 0.0220. The van der Waals surface area contributed by atoms with Gasteiger partial charge in [-0.05, 0) is 24.3 Å². The first-order valence-corrected chi connectivity index (χ1v) is 4.87. The summed E-state index contributed by atoms with van der Waals surface area (Å²) in [6.07, 6.45) is 1.36. The molecule has 1 aromatic heterocycles. The molecule has 2 aromatic rings. The van der Waals surface area contributed by atoms with E-state index in [1.807, 2.05) is 5.48 Å². The van der Waals surface area contributed by atoms with Crippen LogP contribution in [0, 0.1) is 0 Å². The average Bonchev–Trinajstić information content (AvgIpc) is 2.90. The fourth-order valence-electron chi connectivity index (χ4n) is 1.18. The second kappa shape index (κ2) is 4.98. The molecule has 0 spiro atoms. The fraction of sp³-hybridized carbons (Fsp3) is 0. The third-order valence-corrected chi connectivity index (χ3v) is 1.99. The zero-order valence-corrected chi connectivity index (χ0v) is 8.75. The third-order valence-electron chi connectivity index (χ3n) is 1.99. The number of nitrogens with one attached hydrogen (secondary N) is 1. The van der Waals surface area contributed by atoms with E-state index < -0.39 is 11.9 Å². The Kier molecular flexibility index (Phi) is 3.20. The van der Waals surface area contributed by atoms with Crippen LogP contribution in [0.25, 0.3) is 0 Å². The van der Waals surface area contributed by atoms with E-state index in [2.05, 4.69) is 4.84 Å². The number of carbonyl (C=O) groups is 2. The molecule has 0 aliphatic carbocycles. The number of amides is 1. The van der Waals surface area contributed by atoms with E-state index in [9.17, 15) is 9.59 Å². The van der Waals surface area contributed by atoms with Crippen LogP contribution in [-0.4, -0.2) is 11.9 Å². The maximum atomic E-state index is 11.5. The maximum Gasteiger partial charge on any atom is 0.362 e. The monoisotopic (exact) mass is 231 g/mol. The molecule has 0 fully saturated rings. The van der Waals surface area contributed by atoms with Crippen LogP contribution in [-0.2, 0) is 4.84 Å². The number of benzene rings is 1. The molecule has 1 aromatic carbocycles. The molecule has 0 atom stereocenters. The number of carbonyl (C=O) groups excluding carboxylic acids is 2. The van der Waals surface area contributed by atoms with Crippen molar-refractivity contribution in [3.8, 4) is 0 Å². The lowest BCUT2D eigenvalue weighted by Gasteiger charge is -2.03. The number of hydrogen-bond donors (Lipinski definition) is 1. The first-order valence-electron chi connectivity index (χ1n) is 4.87. The van der Waals surface area contributed by atoms with Crippen molar-refractivity contribution in [3.63, 3.8) is 0 Å². The maximum absolute atomic E-state index is 11.5. The van der Waals surface area contributed by atoms with Gasteiger partial charge in [-0.2, -0.15) is 5.48 Å². The molecule has 5 heteroatoms. The van der Waals surface area contributed by atoms with E-state index in [0.29, 0.717) is 5.56 Å². The zero-order valence-electron chi connectivity index (χ0n) is 8.75. The highest BCUT2D eigenvalue weighted by Gasteiger charge is 2.12. The quantitative estimate of drug-likeness (QED) is 0.800. The van der Waals surface area contributed by atoms with Crippen molar-refractivity contribution < 1.29 is 18.8 Å². The third kappa shape index (κ3) is 2.72. The van der Waals surface area contributed by atoms with Gasteiger partial charge < -0.3 is 9.25 Å². The molecule has 0 bridgehead atoms. The van der Waals surface area contributed by atoms with Crippen molar-refractivity contribution in [1.82, 2.24) is 5.48 Å². The Morgan fingerprint density at radius 1 is 1.06 bits per heavy atom. The predicted molar refractivity (Wildman–Crippen MR) is 58.0 cm³/mol. The van der Waals surface area contributed by atoms with Gasteiger partial charge in [0.25, 0.3) is 0 Å². The molecule has 0 saturated heterocycles. The van der Waals surface area contributed by atoms with Crippen LogP contribution in [0.1, 0.15) is 20.9 Å². The zero-order chi connectivity index (χ0) is 12.1. The number of rotatable bonds is 2. The molecular formula is C12H9NO4. The van der Waals surface area contributed by atoms with E-state index >= 15 is 0 Å². The van der Waals surface area contributed by atoms with Crippen molar-refractivity contribution in [3.05, 3.63) is 60.1 Å². The minimum absolute atomic E-state index is 0.0749. The van der Waals surface area contributed by atoms with Crippen LogP contribution in [0.15, 0.2) is 53.1 Å². The van der Waals surface area contributed by atoms with E-state index in [1.54, 1.807) is 36.4 Å². The second-order valence-corrected chi connectivity index (χ2v) is 3.16. The molecule has 17 heavy (non-hydrogen) atoms. The molecule has 5 nitrogen and oxygen atoms in total. The highest BCUT2D eigenvalue weighted by Crippen LogP contribution is 2.02. The smallest absolute Gasteiger partial charge is 0.362 e. The highest BCUT2D eigenvalue weighted by molar-refractivity contribution is 5.94. The molecule has 1 heterocycles. The van der Waals surface area contributed by atoms with Gasteiger partial charge in [-0.3, -0.25) is 4.79 Å². The van der Waals surface area contributed by atoms with Gasteiger partial charge in [0.2, 0.25) is 0 Å². The first-order chi connectivity index (χ1) is 8.27. The summed E-state index contributed by atoms with van der Waals surface area (Å²) >= 11 is 0. The van der Waals surface area contributed by atoms with Gasteiger partial charge in [0.1, 0.15) is 0 Å². The number of hydrogen-bond acceptors (Lipinski definition) is 4. The van der Waals surface area contributed by atoms with Crippen LogP contribution < -0.4 is 5.48 Å². The summed E-state index contributed by atoms with van der Waals surface area (Å²) in [6.45, 7) is 0. The van der Waals surface area contributed by atoms with Gasteiger partial charge in [0.15, 0.2) is 5.76 Å². The molecule has 0 aliphatic heterocycles. The summed E-state index contributed by atoms with van der Waals surface area (Å²) in [6, 6.07) is 11.4. The summed E-state index contributed by atoms with van der Waals surface area (Å²) in [7, 11) is 0. The Morgan fingerprint density at radius 3 is 2.47 bits per heavy atom. The SMILES string of the molecule is O=C(ONC(=O)c1ccco1)c1ccccc1. The molecule has 0 aliphatic rings. The molecule has 1 N–H and O–H groups in total. The van der Waals surface area contributed by atoms with Crippen LogP contribution in [0.5, 0.6) is 0 Å². The molecule has 2 rings (SSSR count). The lowest BCUT2D eigenvalue weighted by Crippen LogP contribution is -2.26. The largest absolute Gasteiger partial charge is 0.459 e. The van der Waals surface area contributed by atoms with E-state index in [0.717, 1.165) is 0 Å². The minimum Gasteiger partial charge on any atom is -0.459 e. The Labute approximate surface area is 97.0 Å². The summed E-state index contributed by atoms with van der Waals surface area (Å²) in [5.74, 6) is -1.17. The summed E-state index contributed by atoms with van der Waals surface area (Å²) in [4.78, 5) is 27.4. The van der Waals surface area contributed by atoms with Crippen LogP contribution in [0.4, 0.5) is 0 Å². The van der Waals surface area contributed by atoms with Crippen LogP contribution >= 0.6 is 0 Å². The topological polar surface area (TPSA) is 68.5 Å². The fourth-order valence-corrected chi connectivity index (χ4v) is 1.18. The first kappa shape index (κ1) is 10.9. The highest BCUT2D eigenvalue weighted by atomic mass is 16.7. The van der Waals surface area contributed by atoms with Crippen molar-refractivity contribution in [2.24, 2.45) is 0 Å². The van der Waals surface area contributed by atoms with Gasteiger partial charge in [0, 0.05) is 0 Å². The molecule has 0 unspecified atom stereocenters. The molecule has 0 saturated carbocycles.